The fraction of sp³-hybridized carbons (Fsp3) is 0.588. The molecule has 1 aromatic carbocycles. The van der Waals surface area contributed by atoms with Crippen LogP contribution in [0.1, 0.15) is 32.3 Å². The number of likely N-dealkylation sites (N-methyl/N-ethyl adjacent to an activating group) is 1. The third-order valence-corrected chi connectivity index (χ3v) is 4.25. The summed E-state index contributed by atoms with van der Waals surface area (Å²) in [6.07, 6.45) is 1.68. The van der Waals surface area contributed by atoms with Crippen molar-refractivity contribution in [3.05, 3.63) is 35.9 Å². The van der Waals surface area contributed by atoms with E-state index in [1.54, 1.807) is 7.05 Å². The molecule has 4 heteroatoms. The standard InChI is InChI=1S/C17H28N2O2/c1-5-14(2)13-19(4)12-11-17(18-3,16(20)21)15-9-7-6-8-10-15/h6-10,14,18H,5,11-13H2,1-4H3,(H,20,21). The topological polar surface area (TPSA) is 52.6 Å². The highest BCUT2D eigenvalue weighted by molar-refractivity contribution is 5.80. The van der Waals surface area contributed by atoms with Gasteiger partial charge in [0.15, 0.2) is 0 Å². The second kappa shape index (κ2) is 8.15. The van der Waals surface area contributed by atoms with Crippen LogP contribution >= 0.6 is 0 Å². The maximum absolute atomic E-state index is 11.9. The molecule has 0 saturated carbocycles. The third kappa shape index (κ3) is 4.55. The number of nitrogens with one attached hydrogen (secondary N) is 1. The molecule has 2 unspecified atom stereocenters. The van der Waals surface area contributed by atoms with E-state index in [2.05, 4.69) is 31.1 Å². The van der Waals surface area contributed by atoms with Crippen LogP contribution in [0.2, 0.25) is 0 Å². The first-order valence-electron chi connectivity index (χ1n) is 7.62. The molecule has 0 saturated heterocycles. The van der Waals surface area contributed by atoms with Crippen LogP contribution in [-0.4, -0.2) is 43.2 Å². The maximum atomic E-state index is 11.9. The fourth-order valence-electron chi connectivity index (χ4n) is 2.58. The van der Waals surface area contributed by atoms with Crippen molar-refractivity contribution in [3.63, 3.8) is 0 Å². The van der Waals surface area contributed by atoms with Gasteiger partial charge in [-0.2, -0.15) is 0 Å². The Morgan fingerprint density at radius 1 is 1.38 bits per heavy atom. The molecule has 2 N–H and O–H groups in total. The molecule has 0 bridgehead atoms. The molecule has 118 valence electrons. The molecule has 0 aliphatic carbocycles. The van der Waals surface area contributed by atoms with Crippen molar-refractivity contribution in [2.75, 3.05) is 27.2 Å². The van der Waals surface area contributed by atoms with Gasteiger partial charge in [0.2, 0.25) is 0 Å². The SMILES string of the molecule is CCC(C)CN(C)CCC(NC)(C(=O)O)c1ccccc1. The van der Waals surface area contributed by atoms with E-state index in [0.717, 1.165) is 25.1 Å². The second-order valence-corrected chi connectivity index (χ2v) is 5.85. The summed E-state index contributed by atoms with van der Waals surface area (Å²) in [6, 6.07) is 9.42. The summed E-state index contributed by atoms with van der Waals surface area (Å²) < 4.78 is 0. The Morgan fingerprint density at radius 2 is 2.00 bits per heavy atom. The number of carboxylic acids is 1. The number of nitrogens with zero attached hydrogens (tertiary/aromatic N) is 1. The Labute approximate surface area is 128 Å². The minimum atomic E-state index is -1.02. The number of aliphatic carboxylic acids is 1. The highest BCUT2D eigenvalue weighted by Gasteiger charge is 2.38. The molecular weight excluding hydrogens is 264 g/mol. The van der Waals surface area contributed by atoms with Crippen molar-refractivity contribution in [3.8, 4) is 0 Å². The van der Waals surface area contributed by atoms with Gasteiger partial charge in [0.1, 0.15) is 5.54 Å². The van der Waals surface area contributed by atoms with E-state index in [0.29, 0.717) is 12.3 Å². The summed E-state index contributed by atoms with van der Waals surface area (Å²) in [7, 11) is 3.77. The van der Waals surface area contributed by atoms with E-state index in [-0.39, 0.29) is 0 Å². The molecule has 1 rings (SSSR count). The lowest BCUT2D eigenvalue weighted by Gasteiger charge is -2.32. The molecule has 0 spiro atoms. The molecular formula is C17H28N2O2. The molecule has 0 aliphatic rings. The average molecular weight is 292 g/mol. The number of hydrogen-bond acceptors (Lipinski definition) is 3. The average Bonchev–Trinajstić information content (AvgIpc) is 2.49. The Hall–Kier alpha value is -1.39. The minimum Gasteiger partial charge on any atom is -0.480 e. The number of rotatable bonds is 9. The molecule has 2 atom stereocenters. The van der Waals surface area contributed by atoms with Gasteiger partial charge >= 0.3 is 5.97 Å². The van der Waals surface area contributed by atoms with E-state index >= 15 is 0 Å². The smallest absolute Gasteiger partial charge is 0.328 e. The van der Waals surface area contributed by atoms with Gasteiger partial charge in [-0.1, -0.05) is 50.6 Å². The van der Waals surface area contributed by atoms with Crippen LogP contribution in [0.4, 0.5) is 0 Å². The van der Waals surface area contributed by atoms with Gasteiger partial charge in [-0.3, -0.25) is 0 Å². The zero-order valence-electron chi connectivity index (χ0n) is 13.6. The second-order valence-electron chi connectivity index (χ2n) is 5.85. The van der Waals surface area contributed by atoms with Gasteiger partial charge in [0.25, 0.3) is 0 Å². The van der Waals surface area contributed by atoms with Gasteiger partial charge in [-0.15, -0.1) is 0 Å². The number of hydrogen-bond donors (Lipinski definition) is 2. The summed E-state index contributed by atoms with van der Waals surface area (Å²) in [4.78, 5) is 14.1. The van der Waals surface area contributed by atoms with Crippen LogP contribution in [-0.2, 0) is 10.3 Å². The van der Waals surface area contributed by atoms with Gasteiger partial charge in [-0.25, -0.2) is 4.79 Å². The lowest BCUT2D eigenvalue weighted by atomic mass is 9.86. The summed E-state index contributed by atoms with van der Waals surface area (Å²) >= 11 is 0. The van der Waals surface area contributed by atoms with Gasteiger partial charge in [0, 0.05) is 13.1 Å². The monoisotopic (exact) mass is 292 g/mol. The Bertz CT molecular complexity index is 436. The lowest BCUT2D eigenvalue weighted by molar-refractivity contribution is -0.145. The van der Waals surface area contributed by atoms with E-state index in [1.807, 2.05) is 30.3 Å². The first kappa shape index (κ1) is 17.7. The van der Waals surface area contributed by atoms with E-state index in [9.17, 15) is 9.90 Å². The third-order valence-electron chi connectivity index (χ3n) is 4.25. The predicted molar refractivity (Wildman–Crippen MR) is 86.4 cm³/mol. The van der Waals surface area contributed by atoms with Crippen molar-refractivity contribution in [1.29, 1.82) is 0 Å². The first-order valence-corrected chi connectivity index (χ1v) is 7.62. The molecule has 0 aliphatic heterocycles. The van der Waals surface area contributed by atoms with Crippen molar-refractivity contribution < 1.29 is 9.90 Å². The summed E-state index contributed by atoms with van der Waals surface area (Å²) in [5.74, 6) is -0.200. The number of carboxylic acid groups (broad SMARTS) is 1. The molecule has 0 radical (unpaired) electrons. The van der Waals surface area contributed by atoms with Gasteiger partial charge in [0.05, 0.1) is 0 Å². The van der Waals surface area contributed by atoms with Crippen LogP contribution in [0.25, 0.3) is 0 Å². The molecule has 21 heavy (non-hydrogen) atoms. The van der Waals surface area contributed by atoms with Crippen LogP contribution in [0.15, 0.2) is 30.3 Å². The van der Waals surface area contributed by atoms with Crippen molar-refractivity contribution in [1.82, 2.24) is 10.2 Å². The largest absolute Gasteiger partial charge is 0.480 e. The quantitative estimate of drug-likeness (QED) is 0.734. The normalized spacial score (nSPS) is 15.7. The Balaban J connectivity index is 2.83. The van der Waals surface area contributed by atoms with Crippen molar-refractivity contribution in [2.24, 2.45) is 5.92 Å². The van der Waals surface area contributed by atoms with E-state index in [1.165, 1.54) is 0 Å². The van der Waals surface area contributed by atoms with Gasteiger partial charge < -0.3 is 15.3 Å². The van der Waals surface area contributed by atoms with Crippen LogP contribution in [0.3, 0.4) is 0 Å². The number of benzene rings is 1. The van der Waals surface area contributed by atoms with E-state index in [4.69, 9.17) is 0 Å². The van der Waals surface area contributed by atoms with Crippen molar-refractivity contribution >= 4 is 5.97 Å². The van der Waals surface area contributed by atoms with Crippen LogP contribution in [0, 0.1) is 5.92 Å². The molecule has 0 amide bonds. The molecule has 0 heterocycles. The lowest BCUT2D eigenvalue weighted by Crippen LogP contribution is -2.49. The van der Waals surface area contributed by atoms with Crippen molar-refractivity contribution in [2.45, 2.75) is 32.2 Å². The highest BCUT2D eigenvalue weighted by atomic mass is 16.4. The zero-order chi connectivity index (χ0) is 15.9. The molecule has 4 nitrogen and oxygen atoms in total. The summed E-state index contributed by atoms with van der Waals surface area (Å²) in [5, 5.41) is 12.8. The predicted octanol–water partition coefficient (Wildman–Crippen LogP) is 2.55. The highest BCUT2D eigenvalue weighted by Crippen LogP contribution is 2.25. The first-order chi connectivity index (χ1) is 9.96. The fourth-order valence-corrected chi connectivity index (χ4v) is 2.58. The van der Waals surface area contributed by atoms with E-state index < -0.39 is 11.5 Å². The number of carbonyl (C=O) groups is 1. The molecule has 0 aromatic heterocycles. The maximum Gasteiger partial charge on any atom is 0.328 e. The summed E-state index contributed by atoms with van der Waals surface area (Å²) in [6.45, 7) is 6.13. The Kier molecular flexibility index (Phi) is 6.85. The zero-order valence-corrected chi connectivity index (χ0v) is 13.6. The molecule has 1 aromatic rings. The minimum absolute atomic E-state index is 0.537. The Morgan fingerprint density at radius 3 is 2.48 bits per heavy atom. The summed E-state index contributed by atoms with van der Waals surface area (Å²) in [5.41, 5.74) is -0.220. The van der Waals surface area contributed by atoms with Gasteiger partial charge in [-0.05, 0) is 32.0 Å². The van der Waals surface area contributed by atoms with Crippen LogP contribution in [0.5, 0.6) is 0 Å². The van der Waals surface area contributed by atoms with Crippen LogP contribution < -0.4 is 5.32 Å². The molecule has 0 fully saturated rings.